The van der Waals surface area contributed by atoms with Gasteiger partial charge in [-0.2, -0.15) is 0 Å². The maximum absolute atomic E-state index is 12.9. The molecule has 4 rings (SSSR count). The summed E-state index contributed by atoms with van der Waals surface area (Å²) in [5, 5.41) is 0. The smallest absolute Gasteiger partial charge is 0.255 e. The van der Waals surface area contributed by atoms with Gasteiger partial charge in [0, 0.05) is 50.0 Å². The Morgan fingerprint density at radius 2 is 1.52 bits per heavy atom. The van der Waals surface area contributed by atoms with Gasteiger partial charge >= 0.3 is 0 Å². The van der Waals surface area contributed by atoms with Gasteiger partial charge in [0.1, 0.15) is 0 Å². The number of rotatable bonds is 6. The van der Waals surface area contributed by atoms with Gasteiger partial charge in [-0.25, -0.2) is 0 Å². The van der Waals surface area contributed by atoms with Crippen LogP contribution < -0.4 is 0 Å². The molecule has 4 heterocycles. The third-order valence-electron chi connectivity index (χ3n) is 6.57. The van der Waals surface area contributed by atoms with Crippen LogP contribution >= 0.6 is 0 Å². The molecular weight excluding hydrogens is 388 g/mol. The maximum Gasteiger partial charge on any atom is 0.255 e. The fourth-order valence-electron chi connectivity index (χ4n) is 4.41. The molecule has 6 nitrogen and oxygen atoms in total. The first-order valence-electron chi connectivity index (χ1n) is 11.4. The van der Waals surface area contributed by atoms with Crippen LogP contribution in [0.15, 0.2) is 36.7 Å². The molecule has 0 radical (unpaired) electrons. The first-order valence-corrected chi connectivity index (χ1v) is 11.4. The van der Waals surface area contributed by atoms with E-state index in [2.05, 4.69) is 30.7 Å². The second-order valence-corrected chi connectivity index (χ2v) is 9.29. The van der Waals surface area contributed by atoms with Crippen LogP contribution in [0.1, 0.15) is 84.0 Å². The highest BCUT2D eigenvalue weighted by Gasteiger charge is 2.29. The van der Waals surface area contributed by atoms with E-state index in [0.29, 0.717) is 28.9 Å². The Morgan fingerprint density at radius 1 is 0.903 bits per heavy atom. The summed E-state index contributed by atoms with van der Waals surface area (Å²) in [7, 11) is 0. The van der Waals surface area contributed by atoms with E-state index >= 15 is 0 Å². The minimum atomic E-state index is 0.0740. The molecule has 2 aliphatic rings. The summed E-state index contributed by atoms with van der Waals surface area (Å²) in [4.78, 5) is 38.0. The van der Waals surface area contributed by atoms with E-state index in [9.17, 15) is 9.59 Å². The number of carbonyl (C=O) groups excluding carboxylic acids is 2. The number of likely N-dealkylation sites (tertiary alicyclic amines) is 2. The van der Waals surface area contributed by atoms with Crippen LogP contribution in [-0.2, 0) is 0 Å². The van der Waals surface area contributed by atoms with Crippen molar-refractivity contribution in [2.24, 2.45) is 5.92 Å². The third kappa shape index (κ3) is 4.78. The van der Waals surface area contributed by atoms with Crippen molar-refractivity contribution in [3.63, 3.8) is 0 Å². The van der Waals surface area contributed by atoms with E-state index in [1.54, 1.807) is 12.4 Å². The minimum absolute atomic E-state index is 0.0740. The molecule has 164 valence electrons. The fourth-order valence-corrected chi connectivity index (χ4v) is 4.41. The SMILES string of the molecule is CC(C)c1ccc(C(=O)N2CCC(CC(C)c3ccc(C(=O)N4CCC4)cn3)C2)cn1. The summed E-state index contributed by atoms with van der Waals surface area (Å²) in [6.45, 7) is 9.65. The molecule has 6 heteroatoms. The monoisotopic (exact) mass is 420 g/mol. The van der Waals surface area contributed by atoms with Crippen molar-refractivity contribution in [1.82, 2.24) is 19.8 Å². The average Bonchev–Trinajstić information content (AvgIpc) is 3.20. The largest absolute Gasteiger partial charge is 0.338 e. The first kappa shape index (κ1) is 21.5. The average molecular weight is 421 g/mol. The van der Waals surface area contributed by atoms with Crippen molar-refractivity contribution in [2.75, 3.05) is 26.2 Å². The Balaban J connectivity index is 1.31. The zero-order valence-electron chi connectivity index (χ0n) is 18.8. The molecule has 0 aliphatic carbocycles. The van der Waals surface area contributed by atoms with Gasteiger partial charge in [0.15, 0.2) is 0 Å². The van der Waals surface area contributed by atoms with Crippen LogP contribution in [0.5, 0.6) is 0 Å². The molecule has 0 spiro atoms. The van der Waals surface area contributed by atoms with Crippen molar-refractivity contribution in [1.29, 1.82) is 0 Å². The van der Waals surface area contributed by atoms with Crippen LogP contribution in [0.2, 0.25) is 0 Å². The number of nitrogens with zero attached hydrogens (tertiary/aromatic N) is 4. The van der Waals surface area contributed by atoms with Crippen molar-refractivity contribution in [3.8, 4) is 0 Å². The van der Waals surface area contributed by atoms with Crippen LogP contribution in [0, 0.1) is 5.92 Å². The maximum atomic E-state index is 12.9. The van der Waals surface area contributed by atoms with E-state index in [-0.39, 0.29) is 11.8 Å². The molecule has 2 unspecified atom stereocenters. The normalized spacial score (nSPS) is 19.4. The summed E-state index contributed by atoms with van der Waals surface area (Å²) < 4.78 is 0. The molecule has 2 aromatic rings. The fraction of sp³-hybridized carbons (Fsp3) is 0.520. The molecule has 31 heavy (non-hydrogen) atoms. The highest BCUT2D eigenvalue weighted by atomic mass is 16.2. The van der Waals surface area contributed by atoms with Crippen molar-refractivity contribution < 1.29 is 9.59 Å². The lowest BCUT2D eigenvalue weighted by molar-refractivity contribution is 0.0651. The van der Waals surface area contributed by atoms with Crippen LogP contribution in [-0.4, -0.2) is 57.8 Å². The number of hydrogen-bond acceptors (Lipinski definition) is 4. The number of pyridine rings is 2. The van der Waals surface area contributed by atoms with Crippen LogP contribution in [0.25, 0.3) is 0 Å². The van der Waals surface area contributed by atoms with E-state index < -0.39 is 0 Å². The molecule has 0 N–H and O–H groups in total. The summed E-state index contributed by atoms with van der Waals surface area (Å²) in [5.41, 5.74) is 3.36. The predicted molar refractivity (Wildman–Crippen MR) is 120 cm³/mol. The van der Waals surface area contributed by atoms with Crippen LogP contribution in [0.3, 0.4) is 0 Å². The van der Waals surface area contributed by atoms with Gasteiger partial charge in [-0.3, -0.25) is 19.6 Å². The summed E-state index contributed by atoms with van der Waals surface area (Å²) in [6, 6.07) is 7.73. The summed E-state index contributed by atoms with van der Waals surface area (Å²) >= 11 is 0. The highest BCUT2D eigenvalue weighted by molar-refractivity contribution is 5.94. The number of amides is 2. The molecule has 2 amide bonds. The number of hydrogen-bond donors (Lipinski definition) is 0. The topological polar surface area (TPSA) is 66.4 Å². The molecule has 2 fully saturated rings. The van der Waals surface area contributed by atoms with Gasteiger partial charge in [0.05, 0.1) is 11.1 Å². The molecule has 0 saturated carbocycles. The van der Waals surface area contributed by atoms with Crippen molar-refractivity contribution in [3.05, 3.63) is 59.2 Å². The Kier molecular flexibility index (Phi) is 6.35. The molecule has 2 aliphatic heterocycles. The van der Waals surface area contributed by atoms with Gasteiger partial charge in [-0.1, -0.05) is 20.8 Å². The van der Waals surface area contributed by atoms with E-state index in [4.69, 9.17) is 0 Å². The molecule has 0 bridgehead atoms. The van der Waals surface area contributed by atoms with E-state index in [1.165, 1.54) is 0 Å². The van der Waals surface area contributed by atoms with Gasteiger partial charge in [-0.15, -0.1) is 0 Å². The zero-order valence-corrected chi connectivity index (χ0v) is 18.8. The lowest BCUT2D eigenvalue weighted by Crippen LogP contribution is -2.42. The predicted octanol–water partition coefficient (Wildman–Crippen LogP) is 4.10. The first-order chi connectivity index (χ1) is 14.9. The van der Waals surface area contributed by atoms with Crippen molar-refractivity contribution >= 4 is 11.8 Å². The second-order valence-electron chi connectivity index (χ2n) is 9.29. The van der Waals surface area contributed by atoms with Crippen molar-refractivity contribution in [2.45, 2.75) is 51.9 Å². The van der Waals surface area contributed by atoms with Gasteiger partial charge in [0.25, 0.3) is 11.8 Å². The lowest BCUT2D eigenvalue weighted by Gasteiger charge is -2.30. The van der Waals surface area contributed by atoms with E-state index in [1.807, 2.05) is 34.1 Å². The Morgan fingerprint density at radius 3 is 2.03 bits per heavy atom. The summed E-state index contributed by atoms with van der Waals surface area (Å²) in [5.74, 6) is 1.27. The molecule has 0 aromatic carbocycles. The molecule has 2 atom stereocenters. The lowest BCUT2D eigenvalue weighted by atomic mass is 9.92. The summed E-state index contributed by atoms with van der Waals surface area (Å²) in [6.07, 6.45) is 6.51. The highest BCUT2D eigenvalue weighted by Crippen LogP contribution is 2.29. The number of carbonyl (C=O) groups is 2. The zero-order chi connectivity index (χ0) is 22.0. The third-order valence-corrected chi connectivity index (χ3v) is 6.57. The van der Waals surface area contributed by atoms with E-state index in [0.717, 1.165) is 56.8 Å². The Hall–Kier alpha value is -2.76. The minimum Gasteiger partial charge on any atom is -0.338 e. The van der Waals surface area contributed by atoms with Gasteiger partial charge in [0.2, 0.25) is 0 Å². The molecular formula is C25H32N4O2. The van der Waals surface area contributed by atoms with Gasteiger partial charge in [-0.05, 0) is 61.3 Å². The number of aromatic nitrogens is 2. The quantitative estimate of drug-likeness (QED) is 0.706. The molecule has 2 aromatic heterocycles. The second kappa shape index (κ2) is 9.16. The molecule has 2 saturated heterocycles. The Bertz CT molecular complexity index is 920. The Labute approximate surface area is 184 Å². The standard InChI is InChI=1S/C25H32N4O2/c1-17(2)22-7-5-21(14-26-22)25(31)29-12-9-19(16-29)13-18(3)23-8-6-20(15-27-23)24(30)28-10-4-11-28/h5-8,14-15,17-19H,4,9-13,16H2,1-3H3. The van der Waals surface area contributed by atoms with Gasteiger partial charge < -0.3 is 9.80 Å². The van der Waals surface area contributed by atoms with Crippen LogP contribution in [0.4, 0.5) is 0 Å².